The van der Waals surface area contributed by atoms with Gasteiger partial charge in [0.15, 0.2) is 6.61 Å². The molecule has 2 amide bonds. The maximum atomic E-state index is 13.0. The summed E-state index contributed by atoms with van der Waals surface area (Å²) in [6, 6.07) is 11.1. The van der Waals surface area contributed by atoms with Crippen LogP contribution in [0.2, 0.25) is 0 Å². The predicted octanol–water partition coefficient (Wildman–Crippen LogP) is 4.31. The van der Waals surface area contributed by atoms with Gasteiger partial charge in [0.05, 0.1) is 0 Å². The van der Waals surface area contributed by atoms with Gasteiger partial charge in [-0.2, -0.15) is 0 Å². The molecule has 2 rings (SSSR count). The zero-order valence-electron chi connectivity index (χ0n) is 17.7. The molecule has 0 aliphatic carbocycles. The molecule has 1 N–H and O–H groups in total. The number of likely N-dealkylation sites (N-methyl/N-ethyl adjacent to an activating group) is 1. The third kappa shape index (κ3) is 6.32. The maximum Gasteiger partial charge on any atom is 0.261 e. The lowest BCUT2D eigenvalue weighted by molar-refractivity contribution is -0.142. The molecule has 0 saturated heterocycles. The van der Waals surface area contributed by atoms with Crippen LogP contribution in [0.5, 0.6) is 5.75 Å². The van der Waals surface area contributed by atoms with Crippen molar-refractivity contribution in [2.24, 2.45) is 0 Å². The molecule has 2 aromatic rings. The molecular formula is C23H29BrN2O3. The lowest BCUT2D eigenvalue weighted by atomic mass is 10.1. The van der Waals surface area contributed by atoms with Crippen LogP contribution < -0.4 is 10.1 Å². The molecule has 1 atom stereocenters. The quantitative estimate of drug-likeness (QED) is 0.638. The molecule has 0 heterocycles. The van der Waals surface area contributed by atoms with Crippen molar-refractivity contribution in [1.82, 2.24) is 10.2 Å². The number of rotatable bonds is 8. The first-order valence-corrected chi connectivity index (χ1v) is 10.5. The van der Waals surface area contributed by atoms with E-state index >= 15 is 0 Å². The van der Waals surface area contributed by atoms with E-state index in [0.29, 0.717) is 18.8 Å². The number of nitrogens with one attached hydrogen (secondary N) is 1. The molecule has 0 aromatic heterocycles. The van der Waals surface area contributed by atoms with Gasteiger partial charge in [-0.15, -0.1) is 0 Å². The van der Waals surface area contributed by atoms with Crippen LogP contribution in [0.15, 0.2) is 40.9 Å². The van der Waals surface area contributed by atoms with Crippen molar-refractivity contribution in [3.05, 3.63) is 63.1 Å². The Morgan fingerprint density at radius 2 is 1.79 bits per heavy atom. The third-order valence-corrected chi connectivity index (χ3v) is 5.43. The minimum atomic E-state index is -0.602. The van der Waals surface area contributed by atoms with Crippen molar-refractivity contribution < 1.29 is 14.3 Å². The van der Waals surface area contributed by atoms with Gasteiger partial charge in [0.2, 0.25) is 5.91 Å². The molecule has 0 radical (unpaired) electrons. The molecule has 0 spiro atoms. The first kappa shape index (κ1) is 22.9. The standard InChI is InChI=1S/C23H29BrN2O3/c1-6-25-23(28)18(5)26(13-19-7-9-20(24)10-8-19)22(27)14-29-21-12-15(2)11-16(3)17(21)4/h7-12,18H,6,13-14H2,1-5H3,(H,25,28)/t18-/m1/s1. The average molecular weight is 461 g/mol. The van der Waals surface area contributed by atoms with E-state index in [1.165, 1.54) is 0 Å². The Hall–Kier alpha value is -2.34. The Labute approximate surface area is 181 Å². The number of benzene rings is 2. The average Bonchev–Trinajstić information content (AvgIpc) is 2.68. The zero-order chi connectivity index (χ0) is 21.6. The summed E-state index contributed by atoms with van der Waals surface area (Å²) in [7, 11) is 0. The Morgan fingerprint density at radius 3 is 2.41 bits per heavy atom. The summed E-state index contributed by atoms with van der Waals surface area (Å²) < 4.78 is 6.82. The number of hydrogen-bond acceptors (Lipinski definition) is 3. The molecule has 156 valence electrons. The van der Waals surface area contributed by atoms with Gasteiger partial charge in [0, 0.05) is 17.6 Å². The summed E-state index contributed by atoms with van der Waals surface area (Å²) in [4.78, 5) is 27.0. The fourth-order valence-electron chi connectivity index (χ4n) is 3.06. The van der Waals surface area contributed by atoms with E-state index in [4.69, 9.17) is 4.74 Å². The largest absolute Gasteiger partial charge is 0.483 e. The van der Waals surface area contributed by atoms with Gasteiger partial charge in [-0.05, 0) is 75.1 Å². The molecule has 0 unspecified atom stereocenters. The van der Waals surface area contributed by atoms with Crippen LogP contribution in [0.25, 0.3) is 0 Å². The molecule has 0 fully saturated rings. The lowest BCUT2D eigenvalue weighted by Crippen LogP contribution is -2.49. The molecule has 29 heavy (non-hydrogen) atoms. The van der Waals surface area contributed by atoms with E-state index in [0.717, 1.165) is 26.7 Å². The molecule has 2 aromatic carbocycles. The number of carbonyl (C=O) groups is 2. The number of amides is 2. The Morgan fingerprint density at radius 1 is 1.14 bits per heavy atom. The van der Waals surface area contributed by atoms with Gasteiger partial charge in [0.25, 0.3) is 5.91 Å². The maximum absolute atomic E-state index is 13.0. The van der Waals surface area contributed by atoms with Crippen LogP contribution >= 0.6 is 15.9 Å². The van der Waals surface area contributed by atoms with Crippen molar-refractivity contribution in [3.8, 4) is 5.75 Å². The third-order valence-electron chi connectivity index (χ3n) is 4.90. The van der Waals surface area contributed by atoms with Gasteiger partial charge in [-0.1, -0.05) is 34.1 Å². The fraction of sp³-hybridized carbons (Fsp3) is 0.391. The Kier molecular flexibility index (Phi) is 8.26. The van der Waals surface area contributed by atoms with E-state index in [1.807, 2.05) is 58.0 Å². The smallest absolute Gasteiger partial charge is 0.261 e. The molecule has 0 aliphatic heterocycles. The summed E-state index contributed by atoms with van der Waals surface area (Å²) in [6.45, 7) is 10.3. The second kappa shape index (κ2) is 10.4. The highest BCUT2D eigenvalue weighted by molar-refractivity contribution is 9.10. The number of halogens is 1. The van der Waals surface area contributed by atoms with Crippen molar-refractivity contribution >= 4 is 27.7 Å². The molecule has 0 saturated carbocycles. The van der Waals surface area contributed by atoms with Gasteiger partial charge in [-0.3, -0.25) is 9.59 Å². The van der Waals surface area contributed by atoms with Crippen molar-refractivity contribution in [2.75, 3.05) is 13.2 Å². The Balaban J connectivity index is 2.19. The molecule has 0 bridgehead atoms. The fourth-order valence-corrected chi connectivity index (χ4v) is 3.33. The topological polar surface area (TPSA) is 58.6 Å². The van der Waals surface area contributed by atoms with E-state index in [1.54, 1.807) is 11.8 Å². The summed E-state index contributed by atoms with van der Waals surface area (Å²) in [5.41, 5.74) is 4.16. The van der Waals surface area contributed by atoms with E-state index < -0.39 is 6.04 Å². The number of ether oxygens (including phenoxy) is 1. The Bertz CT molecular complexity index is 865. The van der Waals surface area contributed by atoms with E-state index in [-0.39, 0.29) is 18.4 Å². The number of carbonyl (C=O) groups excluding carboxylic acids is 2. The molecular weight excluding hydrogens is 432 g/mol. The minimum absolute atomic E-state index is 0.121. The first-order valence-electron chi connectivity index (χ1n) is 9.75. The van der Waals surface area contributed by atoms with Crippen LogP contribution in [0.3, 0.4) is 0 Å². The van der Waals surface area contributed by atoms with Gasteiger partial charge >= 0.3 is 0 Å². The molecule has 5 nitrogen and oxygen atoms in total. The van der Waals surface area contributed by atoms with Gasteiger partial charge < -0.3 is 15.0 Å². The summed E-state index contributed by atoms with van der Waals surface area (Å²) in [6.07, 6.45) is 0. The van der Waals surface area contributed by atoms with Crippen molar-refractivity contribution in [2.45, 2.75) is 47.2 Å². The minimum Gasteiger partial charge on any atom is -0.483 e. The zero-order valence-corrected chi connectivity index (χ0v) is 19.3. The van der Waals surface area contributed by atoms with E-state index in [9.17, 15) is 9.59 Å². The van der Waals surface area contributed by atoms with Crippen LogP contribution in [0.4, 0.5) is 0 Å². The van der Waals surface area contributed by atoms with Crippen LogP contribution in [-0.2, 0) is 16.1 Å². The van der Waals surface area contributed by atoms with Crippen LogP contribution in [0, 0.1) is 20.8 Å². The van der Waals surface area contributed by atoms with E-state index in [2.05, 4.69) is 27.3 Å². The predicted molar refractivity (Wildman–Crippen MR) is 119 cm³/mol. The number of hydrogen-bond donors (Lipinski definition) is 1. The van der Waals surface area contributed by atoms with Crippen molar-refractivity contribution in [3.63, 3.8) is 0 Å². The highest BCUT2D eigenvalue weighted by atomic mass is 79.9. The normalized spacial score (nSPS) is 11.7. The van der Waals surface area contributed by atoms with Gasteiger partial charge in [0.1, 0.15) is 11.8 Å². The summed E-state index contributed by atoms with van der Waals surface area (Å²) in [5.74, 6) is 0.288. The summed E-state index contributed by atoms with van der Waals surface area (Å²) in [5, 5.41) is 2.79. The van der Waals surface area contributed by atoms with Crippen LogP contribution in [0.1, 0.15) is 36.1 Å². The van der Waals surface area contributed by atoms with Crippen molar-refractivity contribution in [1.29, 1.82) is 0 Å². The number of nitrogens with zero attached hydrogens (tertiary/aromatic N) is 1. The monoisotopic (exact) mass is 460 g/mol. The molecule has 0 aliphatic rings. The van der Waals surface area contributed by atoms with Crippen LogP contribution in [-0.4, -0.2) is 35.9 Å². The SMILES string of the molecule is CCNC(=O)[C@@H](C)N(Cc1ccc(Br)cc1)C(=O)COc1cc(C)cc(C)c1C. The van der Waals surface area contributed by atoms with Gasteiger partial charge in [-0.25, -0.2) is 0 Å². The second-order valence-electron chi connectivity index (χ2n) is 7.21. The highest BCUT2D eigenvalue weighted by Gasteiger charge is 2.26. The molecule has 6 heteroatoms. The lowest BCUT2D eigenvalue weighted by Gasteiger charge is -2.28. The second-order valence-corrected chi connectivity index (χ2v) is 8.13. The first-order chi connectivity index (χ1) is 13.7. The number of aryl methyl sites for hydroxylation is 2. The highest BCUT2D eigenvalue weighted by Crippen LogP contribution is 2.23. The summed E-state index contributed by atoms with van der Waals surface area (Å²) >= 11 is 3.42.